The molecule has 0 amide bonds. The molecule has 1 aromatic carbocycles. The van der Waals surface area contributed by atoms with Gasteiger partial charge in [0.15, 0.2) is 0 Å². The molecule has 0 aliphatic heterocycles. The third-order valence-corrected chi connectivity index (χ3v) is 4.00. The Morgan fingerprint density at radius 3 is 2.25 bits per heavy atom. The van der Waals surface area contributed by atoms with Crippen molar-refractivity contribution in [2.75, 3.05) is 0 Å². The van der Waals surface area contributed by atoms with Gasteiger partial charge in [-0.05, 0) is 51.5 Å². The Hall–Kier alpha value is -1.10. The zero-order valence-electron chi connectivity index (χ0n) is 9.74. The fourth-order valence-electron chi connectivity index (χ4n) is 0.921. The van der Waals surface area contributed by atoms with E-state index in [4.69, 9.17) is 4.18 Å². The zero-order chi connectivity index (χ0) is 12.6. The van der Waals surface area contributed by atoms with Crippen LogP contribution in [-0.4, -0.2) is 13.2 Å². The van der Waals surface area contributed by atoms with E-state index in [1.54, 1.807) is 27.7 Å². The molecular weight excluding hydrogens is 231 g/mol. The van der Waals surface area contributed by atoms with Crippen molar-refractivity contribution >= 4 is 10.1 Å². The van der Waals surface area contributed by atoms with E-state index in [0.29, 0.717) is 5.56 Å². The third-order valence-electron chi connectivity index (χ3n) is 2.09. The van der Waals surface area contributed by atoms with Crippen LogP contribution < -0.4 is 4.18 Å². The van der Waals surface area contributed by atoms with E-state index in [2.05, 4.69) is 0 Å². The number of benzene rings is 1. The van der Waals surface area contributed by atoms with Gasteiger partial charge < -0.3 is 4.18 Å². The molecule has 0 radical (unpaired) electrons. The molecule has 0 spiro atoms. The van der Waals surface area contributed by atoms with Gasteiger partial charge in [0.2, 0.25) is 0 Å². The van der Waals surface area contributed by atoms with Crippen LogP contribution in [0.3, 0.4) is 0 Å². The summed E-state index contributed by atoms with van der Waals surface area (Å²) in [5.74, 6) is -0.255. The van der Waals surface area contributed by atoms with Gasteiger partial charge in [0.1, 0.15) is 11.6 Å². The highest BCUT2D eigenvalue weighted by molar-refractivity contribution is 7.88. The molecule has 0 aromatic heterocycles. The summed E-state index contributed by atoms with van der Waals surface area (Å²) in [5, 5.41) is 0. The summed E-state index contributed by atoms with van der Waals surface area (Å²) in [4.78, 5) is 0. The van der Waals surface area contributed by atoms with Gasteiger partial charge in [0.05, 0.1) is 4.75 Å². The maximum absolute atomic E-state index is 13.0. The molecule has 0 N–H and O–H groups in total. The molecule has 90 valence electrons. The van der Waals surface area contributed by atoms with Gasteiger partial charge in [0.25, 0.3) is 0 Å². The number of hydrogen-bond acceptors (Lipinski definition) is 3. The van der Waals surface area contributed by atoms with Crippen LogP contribution in [0.25, 0.3) is 0 Å². The van der Waals surface area contributed by atoms with Crippen molar-refractivity contribution in [3.05, 3.63) is 29.6 Å². The fraction of sp³-hybridized carbons (Fsp3) is 0.455. The topological polar surface area (TPSA) is 43.4 Å². The lowest BCUT2D eigenvalue weighted by atomic mass is 10.2. The summed E-state index contributed by atoms with van der Waals surface area (Å²) in [5.41, 5.74) is 0.349. The standard InChI is InChI=1S/C11H15FO3S/c1-8-7-9(5-6-10(8)12)15-16(13,14)11(2,3)4/h5-7H,1-4H3. The Balaban J connectivity index is 3.03. The molecule has 0 aliphatic carbocycles. The minimum Gasteiger partial charge on any atom is -0.382 e. The Labute approximate surface area is 95.4 Å². The van der Waals surface area contributed by atoms with Gasteiger partial charge in [-0.2, -0.15) is 8.42 Å². The van der Waals surface area contributed by atoms with Crippen molar-refractivity contribution in [3.63, 3.8) is 0 Å². The minimum absolute atomic E-state index is 0.133. The molecule has 0 saturated heterocycles. The summed E-state index contributed by atoms with van der Waals surface area (Å²) >= 11 is 0. The van der Waals surface area contributed by atoms with Crippen LogP contribution in [-0.2, 0) is 10.1 Å². The second-order valence-corrected chi connectivity index (χ2v) is 6.86. The van der Waals surface area contributed by atoms with Gasteiger partial charge >= 0.3 is 10.1 Å². The first-order chi connectivity index (χ1) is 7.13. The number of rotatable bonds is 2. The van der Waals surface area contributed by atoms with E-state index < -0.39 is 14.9 Å². The molecule has 0 heterocycles. The monoisotopic (exact) mass is 246 g/mol. The molecule has 16 heavy (non-hydrogen) atoms. The van der Waals surface area contributed by atoms with E-state index in [0.717, 1.165) is 0 Å². The van der Waals surface area contributed by atoms with Crippen molar-refractivity contribution in [1.82, 2.24) is 0 Å². The first kappa shape index (κ1) is 13.0. The zero-order valence-corrected chi connectivity index (χ0v) is 10.6. The molecule has 0 fully saturated rings. The Bertz CT molecular complexity index is 486. The highest BCUT2D eigenvalue weighted by Gasteiger charge is 2.31. The van der Waals surface area contributed by atoms with Crippen LogP contribution in [0.15, 0.2) is 18.2 Å². The van der Waals surface area contributed by atoms with Gasteiger partial charge in [-0.15, -0.1) is 0 Å². The Morgan fingerprint density at radius 2 is 1.81 bits per heavy atom. The SMILES string of the molecule is Cc1cc(OS(=O)(=O)C(C)(C)C)ccc1F. The van der Waals surface area contributed by atoms with Crippen molar-refractivity contribution in [1.29, 1.82) is 0 Å². The smallest absolute Gasteiger partial charge is 0.314 e. The molecular formula is C11H15FO3S. The predicted octanol–water partition coefficient (Wildman–Crippen LogP) is 2.64. The van der Waals surface area contributed by atoms with Gasteiger partial charge in [0, 0.05) is 0 Å². The van der Waals surface area contributed by atoms with Gasteiger partial charge in [-0.25, -0.2) is 4.39 Å². The minimum atomic E-state index is -3.70. The summed E-state index contributed by atoms with van der Waals surface area (Å²) in [6.07, 6.45) is 0. The largest absolute Gasteiger partial charge is 0.382 e. The van der Waals surface area contributed by atoms with Gasteiger partial charge in [-0.1, -0.05) is 0 Å². The van der Waals surface area contributed by atoms with Crippen LogP contribution in [0.4, 0.5) is 4.39 Å². The molecule has 1 aromatic rings. The van der Waals surface area contributed by atoms with E-state index in [-0.39, 0.29) is 11.6 Å². The number of hydrogen-bond donors (Lipinski definition) is 0. The van der Waals surface area contributed by atoms with E-state index in [9.17, 15) is 12.8 Å². The normalized spacial score (nSPS) is 12.6. The second kappa shape index (κ2) is 4.05. The highest BCUT2D eigenvalue weighted by atomic mass is 32.2. The predicted molar refractivity (Wildman–Crippen MR) is 60.4 cm³/mol. The van der Waals surface area contributed by atoms with Crippen molar-refractivity contribution in [3.8, 4) is 5.75 Å². The van der Waals surface area contributed by atoms with Crippen molar-refractivity contribution in [2.45, 2.75) is 32.4 Å². The maximum atomic E-state index is 13.0. The molecule has 5 heteroatoms. The molecule has 0 aliphatic rings. The molecule has 1 rings (SSSR count). The van der Waals surface area contributed by atoms with E-state index in [1.165, 1.54) is 18.2 Å². The van der Waals surface area contributed by atoms with Crippen LogP contribution in [0.2, 0.25) is 0 Å². The lowest BCUT2D eigenvalue weighted by molar-refractivity contribution is 0.453. The molecule has 0 bridgehead atoms. The number of aryl methyl sites for hydroxylation is 1. The Kier molecular flexibility index (Phi) is 3.28. The third kappa shape index (κ3) is 2.72. The average Bonchev–Trinajstić information content (AvgIpc) is 2.09. The van der Waals surface area contributed by atoms with Crippen molar-refractivity contribution < 1.29 is 17.0 Å². The van der Waals surface area contributed by atoms with E-state index in [1.807, 2.05) is 0 Å². The number of halogens is 1. The Morgan fingerprint density at radius 1 is 1.25 bits per heavy atom. The molecule has 0 atom stereocenters. The van der Waals surface area contributed by atoms with E-state index >= 15 is 0 Å². The summed E-state index contributed by atoms with van der Waals surface area (Å²) in [6, 6.07) is 3.84. The van der Waals surface area contributed by atoms with Crippen molar-refractivity contribution in [2.24, 2.45) is 0 Å². The molecule has 0 saturated carbocycles. The first-order valence-corrected chi connectivity index (χ1v) is 6.24. The lowest BCUT2D eigenvalue weighted by Gasteiger charge is -2.19. The molecule has 0 unspecified atom stereocenters. The fourth-order valence-corrected chi connectivity index (χ4v) is 1.53. The van der Waals surface area contributed by atoms with Gasteiger partial charge in [-0.3, -0.25) is 0 Å². The van der Waals surface area contributed by atoms with Crippen LogP contribution >= 0.6 is 0 Å². The quantitative estimate of drug-likeness (QED) is 0.753. The molecule has 3 nitrogen and oxygen atoms in total. The summed E-state index contributed by atoms with van der Waals surface area (Å²) in [7, 11) is -3.70. The highest BCUT2D eigenvalue weighted by Crippen LogP contribution is 2.23. The second-order valence-electron chi connectivity index (χ2n) is 4.56. The lowest BCUT2D eigenvalue weighted by Crippen LogP contribution is -2.32. The first-order valence-electron chi connectivity index (χ1n) is 4.84. The van der Waals surface area contributed by atoms with Crippen LogP contribution in [0.5, 0.6) is 5.75 Å². The van der Waals surface area contributed by atoms with Crippen LogP contribution in [0.1, 0.15) is 26.3 Å². The average molecular weight is 246 g/mol. The summed E-state index contributed by atoms with van der Waals surface area (Å²) < 4.78 is 40.3. The summed E-state index contributed by atoms with van der Waals surface area (Å²) in [6.45, 7) is 6.17. The van der Waals surface area contributed by atoms with Crippen LogP contribution in [0, 0.1) is 12.7 Å². The maximum Gasteiger partial charge on any atom is 0.314 e.